The Bertz CT molecular complexity index is 3660. The van der Waals surface area contributed by atoms with Gasteiger partial charge in [-0.05, 0) is 101 Å². The highest BCUT2D eigenvalue weighted by atomic mass is 32.1. The van der Waals surface area contributed by atoms with Crippen molar-refractivity contribution in [3.63, 3.8) is 0 Å². The van der Waals surface area contributed by atoms with Crippen LogP contribution in [-0.4, -0.2) is 89.2 Å². The third-order valence-electron chi connectivity index (χ3n) is 15.5. The summed E-state index contributed by atoms with van der Waals surface area (Å²) >= 11 is 2.83. The molecule has 0 bridgehead atoms. The van der Waals surface area contributed by atoms with Crippen molar-refractivity contribution in [2.24, 2.45) is 11.8 Å². The van der Waals surface area contributed by atoms with E-state index in [0.29, 0.717) is 80.1 Å². The van der Waals surface area contributed by atoms with Gasteiger partial charge in [0.1, 0.15) is 33.9 Å². The second-order valence-electron chi connectivity index (χ2n) is 21.5. The van der Waals surface area contributed by atoms with Crippen molar-refractivity contribution in [3.8, 4) is 21.1 Å². The molecule has 81 heavy (non-hydrogen) atoms. The van der Waals surface area contributed by atoms with Gasteiger partial charge in [-0.2, -0.15) is 36.3 Å². The number of hydrogen-bond acceptors (Lipinski definition) is 18. The van der Waals surface area contributed by atoms with Crippen LogP contribution in [-0.2, 0) is 50.2 Å². The number of aliphatic hydroxyl groups is 2. The van der Waals surface area contributed by atoms with E-state index >= 15 is 0 Å². The Balaban J connectivity index is 0.878. The van der Waals surface area contributed by atoms with Gasteiger partial charge in [-0.25, -0.2) is 19.9 Å². The predicted octanol–water partition coefficient (Wildman–Crippen LogP) is 11.8. The van der Waals surface area contributed by atoms with Gasteiger partial charge in [0.15, 0.2) is 17.3 Å². The van der Waals surface area contributed by atoms with Crippen molar-refractivity contribution >= 4 is 66.6 Å². The monoisotopic (exact) mass is 1150 g/mol. The number of halogens is 6. The van der Waals surface area contributed by atoms with E-state index in [-0.39, 0.29) is 49.7 Å². The van der Waals surface area contributed by atoms with E-state index in [1.165, 1.54) is 40.9 Å². The Morgan fingerprint density at radius 2 is 1.32 bits per heavy atom. The SMILES string of the molecule is Cc1nc(NCc2ccccc2C(F)(F)F)nc(N[C@@H]2C[C@H](CO)[C@H]3OC(C)(c4cccc5sc(-c6c(C)nc(NCc7cccc(C(F)(F)F)c7)nc6N[C@@]67CC[C@H](CO)[C@H]6OC(C)(C)O7)nc45)O[C@H]32)c1-c1nc2ccccc2s1. The van der Waals surface area contributed by atoms with Crippen LogP contribution >= 0.6 is 22.7 Å². The molecule has 8 aromatic rings. The van der Waals surface area contributed by atoms with Gasteiger partial charge in [-0.1, -0.05) is 54.6 Å². The Labute approximate surface area is 468 Å². The van der Waals surface area contributed by atoms with Crippen molar-refractivity contribution < 1.29 is 55.5 Å². The van der Waals surface area contributed by atoms with E-state index in [2.05, 4.69) is 21.3 Å². The van der Waals surface area contributed by atoms with Crippen LogP contribution in [0.25, 0.3) is 41.6 Å². The number of alkyl halides is 6. The summed E-state index contributed by atoms with van der Waals surface area (Å²) in [5.41, 5.74) is 1.81. The minimum absolute atomic E-state index is 0.0151. The maximum atomic E-state index is 14.0. The minimum Gasteiger partial charge on any atom is -0.396 e. The molecule has 2 saturated carbocycles. The summed E-state index contributed by atoms with van der Waals surface area (Å²) in [5.74, 6) is -2.16. The standard InChI is InChI=1S/C57H56F6N10O6S2/c1-28-41(49-69-37-17-8-9-18-39(37)80-49)47(71-52(66-28)65-25-31-13-6-7-15-35(31)57(61,62)63)68-38-23-33(27-75)44-45(38)77-54(5,76-44)36-16-11-19-40-43(36)70-50(81-40)42-29(2)67-51(64-24-30-12-10-14-34(22-30)56(58,59)60)72-48(42)73-55-21-20-32(26-74)46(55)78-53(3,4)79-55/h6-19,22,32-33,38,44-46,74-75H,20-21,23-27H2,1-5H3,(H2,64,67,72,73)(H2,65,66,68,71)/t32-,33-,38-,44-,45+,46-,54?,55-/m1/s1. The highest BCUT2D eigenvalue weighted by Gasteiger charge is 2.61. The Kier molecular flexibility index (Phi) is 14.0. The average Bonchev–Trinajstić information content (AvgIpc) is 3.27. The van der Waals surface area contributed by atoms with Gasteiger partial charge in [-0.15, -0.1) is 22.7 Å². The lowest BCUT2D eigenvalue weighted by Crippen LogP contribution is -2.46. The highest BCUT2D eigenvalue weighted by Crippen LogP contribution is 2.53. The molecule has 12 rings (SSSR count). The maximum absolute atomic E-state index is 14.0. The van der Waals surface area contributed by atoms with Crippen LogP contribution in [0.3, 0.4) is 0 Å². The maximum Gasteiger partial charge on any atom is 0.416 e. The average molecular weight is 1160 g/mol. The second-order valence-corrected chi connectivity index (χ2v) is 23.6. The van der Waals surface area contributed by atoms with Gasteiger partial charge in [-0.3, -0.25) is 0 Å². The van der Waals surface area contributed by atoms with Gasteiger partial charge in [0, 0.05) is 43.7 Å². The summed E-state index contributed by atoms with van der Waals surface area (Å²) in [7, 11) is 0. The van der Waals surface area contributed by atoms with Crippen LogP contribution < -0.4 is 21.3 Å². The number of aryl methyl sites for hydroxylation is 2. The molecule has 4 fully saturated rings. The Morgan fingerprint density at radius 3 is 2.06 bits per heavy atom. The number of anilines is 4. The summed E-state index contributed by atoms with van der Waals surface area (Å²) in [6.07, 6.45) is -9.47. The highest BCUT2D eigenvalue weighted by molar-refractivity contribution is 7.22. The summed E-state index contributed by atoms with van der Waals surface area (Å²) < 4.78 is 112. The zero-order valence-corrected chi connectivity index (χ0v) is 46.0. The van der Waals surface area contributed by atoms with Crippen molar-refractivity contribution in [1.29, 1.82) is 0 Å². The molecule has 2 saturated heterocycles. The van der Waals surface area contributed by atoms with E-state index in [1.807, 2.05) is 49.4 Å². The Hall–Kier alpha value is -6.64. The molecule has 8 atom stereocenters. The van der Waals surface area contributed by atoms with Crippen molar-refractivity contribution in [2.75, 3.05) is 34.5 Å². The molecule has 6 heterocycles. The number of ether oxygens (including phenoxy) is 4. The van der Waals surface area contributed by atoms with Crippen molar-refractivity contribution in [1.82, 2.24) is 29.9 Å². The first kappa shape index (κ1) is 54.9. The van der Waals surface area contributed by atoms with Gasteiger partial charge in [0.05, 0.1) is 66.2 Å². The molecule has 2 aliphatic heterocycles. The molecule has 0 radical (unpaired) electrons. The van der Waals surface area contributed by atoms with E-state index in [4.69, 9.17) is 48.9 Å². The summed E-state index contributed by atoms with van der Waals surface area (Å²) in [6, 6.07) is 23.2. The minimum atomic E-state index is -4.57. The van der Waals surface area contributed by atoms with E-state index in [0.717, 1.165) is 33.1 Å². The number of nitrogens with zero attached hydrogens (tertiary/aromatic N) is 6. The third-order valence-corrected chi connectivity index (χ3v) is 17.6. The van der Waals surface area contributed by atoms with Gasteiger partial charge >= 0.3 is 12.4 Å². The van der Waals surface area contributed by atoms with Gasteiger partial charge in [0.2, 0.25) is 11.9 Å². The number of aromatic nitrogens is 6. The molecule has 424 valence electrons. The Morgan fingerprint density at radius 1 is 0.667 bits per heavy atom. The zero-order chi connectivity index (χ0) is 56.8. The number of thiazole rings is 2. The molecule has 24 heteroatoms. The molecule has 0 spiro atoms. The molecule has 4 aromatic heterocycles. The fourth-order valence-electron chi connectivity index (χ4n) is 11.8. The van der Waals surface area contributed by atoms with Gasteiger partial charge < -0.3 is 50.4 Å². The molecule has 0 amide bonds. The number of hydrogen-bond donors (Lipinski definition) is 6. The largest absolute Gasteiger partial charge is 0.416 e. The zero-order valence-electron chi connectivity index (χ0n) is 44.4. The summed E-state index contributed by atoms with van der Waals surface area (Å²) in [5, 5.41) is 35.9. The van der Waals surface area contributed by atoms with Crippen molar-refractivity contribution in [3.05, 3.63) is 130 Å². The fraction of sp³-hybridized carbons (Fsp3) is 0.404. The normalized spacial score (nSPS) is 25.1. The number of fused-ring (bicyclic) bond motifs is 4. The number of rotatable bonds is 15. The predicted molar refractivity (Wildman–Crippen MR) is 294 cm³/mol. The van der Waals surface area contributed by atoms with E-state index in [9.17, 15) is 36.6 Å². The first-order valence-electron chi connectivity index (χ1n) is 26.4. The molecule has 1 unspecified atom stereocenters. The van der Waals surface area contributed by atoms with Crippen molar-refractivity contribution in [2.45, 2.75) is 121 Å². The van der Waals surface area contributed by atoms with Crippen LogP contribution in [0.15, 0.2) is 91.0 Å². The van der Waals surface area contributed by atoms with Crippen LogP contribution in [0.5, 0.6) is 0 Å². The fourth-order valence-corrected chi connectivity index (χ4v) is 14.0. The molecule has 16 nitrogen and oxygen atoms in total. The van der Waals surface area contributed by atoms with E-state index < -0.39 is 71.1 Å². The lowest BCUT2D eigenvalue weighted by atomic mass is 10.0. The second kappa shape index (κ2) is 20.7. The number of nitrogens with one attached hydrogen (secondary N) is 4. The summed E-state index contributed by atoms with van der Waals surface area (Å²) in [6.45, 7) is 8.43. The molecule has 6 N–H and O–H groups in total. The smallest absolute Gasteiger partial charge is 0.396 e. The molecule has 2 aliphatic carbocycles. The molecular weight excluding hydrogens is 1100 g/mol. The lowest BCUT2D eigenvalue weighted by molar-refractivity contribution is -0.180. The molecule has 4 aliphatic rings. The van der Waals surface area contributed by atoms with Crippen LogP contribution in [0.4, 0.5) is 49.9 Å². The van der Waals surface area contributed by atoms with Crippen LogP contribution in [0.2, 0.25) is 0 Å². The lowest BCUT2D eigenvalue weighted by Gasteiger charge is -2.31. The number of aliphatic hydroxyl groups excluding tert-OH is 2. The number of para-hydroxylation sites is 2. The third kappa shape index (κ3) is 10.4. The van der Waals surface area contributed by atoms with Gasteiger partial charge in [0.25, 0.3) is 0 Å². The molecule has 4 aromatic carbocycles. The topological polar surface area (TPSA) is 203 Å². The van der Waals surface area contributed by atoms with Crippen LogP contribution in [0.1, 0.15) is 79.2 Å². The quantitative estimate of drug-likeness (QED) is 0.0529. The number of benzene rings is 4. The molecular formula is C57H56F6N10O6S2. The first-order chi connectivity index (χ1) is 38.6. The van der Waals surface area contributed by atoms with Crippen LogP contribution in [0, 0.1) is 25.7 Å². The summed E-state index contributed by atoms with van der Waals surface area (Å²) in [4.78, 5) is 29.6. The first-order valence-corrected chi connectivity index (χ1v) is 28.1. The van der Waals surface area contributed by atoms with E-state index in [1.54, 1.807) is 39.8 Å².